The number of ether oxygens (including phenoxy) is 1. The van der Waals surface area contributed by atoms with Gasteiger partial charge in [0.15, 0.2) is 0 Å². The second kappa shape index (κ2) is 7.00. The lowest BCUT2D eigenvalue weighted by Gasteiger charge is -2.27. The molecule has 4 rings (SSSR count). The summed E-state index contributed by atoms with van der Waals surface area (Å²) < 4.78 is 5.11. The van der Waals surface area contributed by atoms with Crippen LogP contribution in [0.2, 0.25) is 0 Å². The first kappa shape index (κ1) is 16.9. The van der Waals surface area contributed by atoms with Crippen LogP contribution in [-0.4, -0.2) is 45.1 Å². The average molecular weight is 366 g/mol. The molecular formula is C17H18N8O2. The topological polar surface area (TPSA) is 154 Å². The molecule has 3 aromatic rings. The number of fused-ring (bicyclic) bond motifs is 1. The molecule has 3 heterocycles. The molecule has 1 aromatic carbocycles. The molecule has 0 bridgehead atoms. The van der Waals surface area contributed by atoms with E-state index in [-0.39, 0.29) is 23.6 Å². The lowest BCUT2D eigenvalue weighted by Crippen LogP contribution is -2.40. The average Bonchev–Trinajstić information content (AvgIpc) is 2.62. The van der Waals surface area contributed by atoms with Gasteiger partial charge in [-0.3, -0.25) is 4.79 Å². The van der Waals surface area contributed by atoms with Crippen molar-refractivity contribution >= 4 is 34.4 Å². The molecule has 1 saturated heterocycles. The Bertz CT molecular complexity index is 1010. The number of anilines is 3. The van der Waals surface area contributed by atoms with Gasteiger partial charge in [0, 0.05) is 18.0 Å². The number of aromatic nitrogens is 4. The van der Waals surface area contributed by atoms with Crippen molar-refractivity contribution in [1.29, 1.82) is 0 Å². The Morgan fingerprint density at radius 3 is 2.81 bits per heavy atom. The fraction of sp³-hybridized carbons (Fsp3) is 0.235. The van der Waals surface area contributed by atoms with Gasteiger partial charge < -0.3 is 26.8 Å². The van der Waals surface area contributed by atoms with Crippen molar-refractivity contribution in [2.75, 3.05) is 30.0 Å². The third-order valence-corrected chi connectivity index (χ3v) is 4.15. The zero-order valence-corrected chi connectivity index (χ0v) is 14.3. The van der Waals surface area contributed by atoms with Gasteiger partial charge in [0.1, 0.15) is 23.7 Å². The minimum atomic E-state index is -0.299. The Kier molecular flexibility index (Phi) is 4.38. The summed E-state index contributed by atoms with van der Waals surface area (Å²) in [7, 11) is 0. The summed E-state index contributed by atoms with van der Waals surface area (Å²) in [6.45, 7) is 1.57. The van der Waals surface area contributed by atoms with Crippen molar-refractivity contribution in [3.8, 4) is 0 Å². The molecule has 10 nitrogen and oxygen atoms in total. The normalized spacial score (nSPS) is 13.9. The molecule has 1 fully saturated rings. The number of hydrogen-bond acceptors (Lipinski definition) is 9. The Balaban J connectivity index is 1.44. The van der Waals surface area contributed by atoms with Crippen LogP contribution in [0.15, 0.2) is 30.6 Å². The summed E-state index contributed by atoms with van der Waals surface area (Å²) in [4.78, 5) is 28.6. The zero-order chi connectivity index (χ0) is 18.8. The number of hydrogen-bond donors (Lipinski definition) is 4. The number of rotatable bonds is 5. The van der Waals surface area contributed by atoms with Crippen molar-refractivity contribution in [3.05, 3.63) is 41.9 Å². The van der Waals surface area contributed by atoms with Crippen LogP contribution in [0.25, 0.3) is 10.9 Å². The molecular weight excluding hydrogens is 348 g/mol. The maximum atomic E-state index is 12.4. The van der Waals surface area contributed by atoms with Crippen LogP contribution >= 0.6 is 0 Å². The lowest BCUT2D eigenvalue weighted by atomic mass is 10.1. The largest absolute Gasteiger partial charge is 0.383 e. The van der Waals surface area contributed by atoms with E-state index in [1.165, 1.54) is 6.33 Å². The first-order valence-electron chi connectivity index (χ1n) is 8.34. The fourth-order valence-electron chi connectivity index (χ4n) is 2.69. The lowest BCUT2D eigenvalue weighted by molar-refractivity contribution is 0.0209. The number of benzene rings is 1. The van der Waals surface area contributed by atoms with Crippen LogP contribution in [-0.2, 0) is 11.3 Å². The van der Waals surface area contributed by atoms with E-state index in [0.29, 0.717) is 42.3 Å². The van der Waals surface area contributed by atoms with E-state index in [9.17, 15) is 4.79 Å². The molecule has 1 aliphatic heterocycles. The first-order valence-corrected chi connectivity index (χ1v) is 8.34. The molecule has 1 aliphatic rings. The SMILES string of the molecule is Nc1nc(N)c2ccc(CNC(=O)c3cc(NC4COC4)ncn3)cc2n1. The van der Waals surface area contributed by atoms with Crippen molar-refractivity contribution in [2.24, 2.45) is 0 Å². The van der Waals surface area contributed by atoms with Crippen LogP contribution in [0.3, 0.4) is 0 Å². The van der Waals surface area contributed by atoms with E-state index < -0.39 is 0 Å². The van der Waals surface area contributed by atoms with Gasteiger partial charge >= 0.3 is 0 Å². The molecule has 1 amide bonds. The maximum absolute atomic E-state index is 12.4. The molecule has 138 valence electrons. The standard InChI is InChI=1S/C17H18N8O2/c18-15-11-2-1-9(3-12(11)24-17(19)25-15)5-20-16(26)13-4-14(22-8-21-13)23-10-6-27-7-10/h1-4,8,10H,5-7H2,(H,20,26)(H,21,22,23)(H4,18,19,24,25). The van der Waals surface area contributed by atoms with Crippen LogP contribution in [0.1, 0.15) is 16.1 Å². The number of nitrogens with zero attached hydrogens (tertiary/aromatic N) is 4. The number of carbonyl (C=O) groups is 1. The van der Waals surface area contributed by atoms with Gasteiger partial charge in [-0.25, -0.2) is 15.0 Å². The van der Waals surface area contributed by atoms with Crippen LogP contribution in [0.4, 0.5) is 17.6 Å². The molecule has 0 radical (unpaired) electrons. The second-order valence-electron chi connectivity index (χ2n) is 6.17. The van der Waals surface area contributed by atoms with E-state index in [1.807, 2.05) is 12.1 Å². The van der Waals surface area contributed by atoms with Crippen LogP contribution in [0.5, 0.6) is 0 Å². The fourth-order valence-corrected chi connectivity index (χ4v) is 2.69. The summed E-state index contributed by atoms with van der Waals surface area (Å²) in [6.07, 6.45) is 1.36. The molecule has 6 N–H and O–H groups in total. The van der Waals surface area contributed by atoms with Gasteiger partial charge in [0.05, 0.1) is 24.8 Å². The van der Waals surface area contributed by atoms with Gasteiger partial charge in [0.25, 0.3) is 5.91 Å². The van der Waals surface area contributed by atoms with Crippen molar-refractivity contribution in [1.82, 2.24) is 25.3 Å². The van der Waals surface area contributed by atoms with Crippen LogP contribution < -0.4 is 22.1 Å². The first-order chi connectivity index (χ1) is 13.1. The number of nitrogens with two attached hydrogens (primary N) is 2. The summed E-state index contributed by atoms with van der Waals surface area (Å²) in [6, 6.07) is 7.30. The Labute approximate surface area is 154 Å². The van der Waals surface area contributed by atoms with Crippen molar-refractivity contribution < 1.29 is 9.53 Å². The maximum Gasteiger partial charge on any atom is 0.270 e. The van der Waals surface area contributed by atoms with E-state index in [0.717, 1.165) is 5.56 Å². The Hall–Kier alpha value is -3.53. The third-order valence-electron chi connectivity index (χ3n) is 4.15. The number of nitrogen functional groups attached to an aromatic ring is 2. The number of amides is 1. The van der Waals surface area contributed by atoms with Gasteiger partial charge in [-0.15, -0.1) is 0 Å². The molecule has 0 unspecified atom stereocenters. The molecule has 0 aliphatic carbocycles. The molecule has 0 atom stereocenters. The predicted molar refractivity (Wildman–Crippen MR) is 99.8 cm³/mol. The monoisotopic (exact) mass is 366 g/mol. The minimum Gasteiger partial charge on any atom is -0.383 e. The highest BCUT2D eigenvalue weighted by Gasteiger charge is 2.19. The van der Waals surface area contributed by atoms with Crippen LogP contribution in [0, 0.1) is 0 Å². The van der Waals surface area contributed by atoms with E-state index in [2.05, 4.69) is 30.6 Å². The van der Waals surface area contributed by atoms with Gasteiger partial charge in [-0.05, 0) is 17.7 Å². The highest BCUT2D eigenvalue weighted by atomic mass is 16.5. The zero-order valence-electron chi connectivity index (χ0n) is 14.3. The third kappa shape index (κ3) is 3.70. The highest BCUT2D eigenvalue weighted by molar-refractivity contribution is 5.93. The molecule has 0 saturated carbocycles. The molecule has 0 spiro atoms. The second-order valence-corrected chi connectivity index (χ2v) is 6.17. The van der Waals surface area contributed by atoms with Crippen molar-refractivity contribution in [2.45, 2.75) is 12.6 Å². The number of carbonyl (C=O) groups excluding carboxylic acids is 1. The molecule has 2 aromatic heterocycles. The quantitative estimate of drug-likeness (QED) is 0.500. The summed E-state index contributed by atoms with van der Waals surface area (Å²) >= 11 is 0. The Morgan fingerprint density at radius 2 is 2.04 bits per heavy atom. The highest BCUT2D eigenvalue weighted by Crippen LogP contribution is 2.20. The van der Waals surface area contributed by atoms with E-state index in [1.54, 1.807) is 12.1 Å². The summed E-state index contributed by atoms with van der Waals surface area (Å²) in [5.74, 6) is 0.731. The summed E-state index contributed by atoms with van der Waals surface area (Å²) in [5.41, 5.74) is 13.2. The predicted octanol–water partition coefficient (Wildman–Crippen LogP) is 0.325. The van der Waals surface area contributed by atoms with Gasteiger partial charge in [-0.1, -0.05) is 6.07 Å². The number of nitrogens with one attached hydrogen (secondary N) is 2. The Morgan fingerprint density at radius 1 is 1.19 bits per heavy atom. The van der Waals surface area contributed by atoms with Crippen molar-refractivity contribution in [3.63, 3.8) is 0 Å². The van der Waals surface area contributed by atoms with E-state index >= 15 is 0 Å². The van der Waals surface area contributed by atoms with Gasteiger partial charge in [0.2, 0.25) is 5.95 Å². The van der Waals surface area contributed by atoms with Gasteiger partial charge in [-0.2, -0.15) is 4.98 Å². The van der Waals surface area contributed by atoms with E-state index in [4.69, 9.17) is 16.2 Å². The minimum absolute atomic E-state index is 0.110. The molecule has 10 heteroatoms. The summed E-state index contributed by atoms with van der Waals surface area (Å²) in [5, 5.41) is 6.73. The molecule has 27 heavy (non-hydrogen) atoms. The smallest absolute Gasteiger partial charge is 0.270 e.